The van der Waals surface area contributed by atoms with Gasteiger partial charge in [0.05, 0.1) is 0 Å². The SMILES string of the molecule is [Ca+2].[Fe+2].[Mg+2].[Mn+2].[O-]B([O-])[O-]. The molecule has 0 aromatic rings. The second-order valence-electron chi connectivity index (χ2n) is 0.289. The Kier molecular flexibility index (Phi) is 85.9. The molecule has 0 aromatic carbocycles. The molecule has 0 aliphatic carbocycles. The molecule has 0 bridgehead atoms. The van der Waals surface area contributed by atoms with Gasteiger partial charge in [-0.2, -0.15) is 0 Å². The normalized spacial score (nSPS) is 3.38. The molecule has 0 saturated carbocycles. The van der Waals surface area contributed by atoms with Crippen LogP contribution in [-0.4, -0.2) is 68.1 Å². The molecule has 0 aliphatic heterocycles. The Morgan fingerprint density at radius 1 is 1.00 bits per heavy atom. The molecule has 0 heterocycles. The molecule has 3 nitrogen and oxygen atoms in total. The Bertz CT molecular complexity index is 24.0. The van der Waals surface area contributed by atoms with E-state index in [4.69, 9.17) is 15.1 Å². The van der Waals surface area contributed by atoms with Crippen LogP contribution in [-0.2, 0) is 34.1 Å². The average molecular weight is 234 g/mol. The van der Waals surface area contributed by atoms with E-state index >= 15 is 0 Å². The molecular weight excluding hydrogens is 234 g/mol. The molecular formula is BCaFeMgMnO3+5. The van der Waals surface area contributed by atoms with Crippen LogP contribution in [0.3, 0.4) is 0 Å². The number of hydrogen-bond acceptors (Lipinski definition) is 3. The third-order valence-corrected chi connectivity index (χ3v) is 0. The minimum Gasteiger partial charge on any atom is -0.907 e. The summed E-state index contributed by atoms with van der Waals surface area (Å²) in [6, 6.07) is 0. The van der Waals surface area contributed by atoms with Crippen LogP contribution in [0, 0.1) is 0 Å². The van der Waals surface area contributed by atoms with Crippen molar-refractivity contribution in [3.8, 4) is 0 Å². The van der Waals surface area contributed by atoms with Crippen LogP contribution in [0.5, 0.6) is 0 Å². The maximum Gasteiger partial charge on any atom is 2.00 e. The molecule has 35 valence electrons. The predicted octanol–water partition coefficient (Wildman–Crippen LogP) is -4.71. The van der Waals surface area contributed by atoms with E-state index in [-0.39, 0.29) is 94.9 Å². The van der Waals surface area contributed by atoms with Crippen molar-refractivity contribution in [2.75, 3.05) is 0 Å². The first-order valence-corrected chi connectivity index (χ1v) is 0.707. The molecule has 0 amide bonds. The van der Waals surface area contributed by atoms with E-state index in [1.807, 2.05) is 0 Å². The van der Waals surface area contributed by atoms with Gasteiger partial charge in [-0.25, -0.2) is 0 Å². The van der Waals surface area contributed by atoms with Crippen LogP contribution in [0.1, 0.15) is 0 Å². The van der Waals surface area contributed by atoms with E-state index in [2.05, 4.69) is 0 Å². The molecule has 0 N–H and O–H groups in total. The van der Waals surface area contributed by atoms with E-state index in [0.717, 1.165) is 0 Å². The summed E-state index contributed by atoms with van der Waals surface area (Å²) in [6.45, 7) is 0. The number of rotatable bonds is 0. The molecule has 0 rings (SSSR count). The van der Waals surface area contributed by atoms with E-state index in [1.165, 1.54) is 0 Å². The molecule has 0 atom stereocenters. The predicted molar refractivity (Wildman–Crippen MR) is 17.3 cm³/mol. The fraction of sp³-hybridized carbons (Fsp3) is 0. The Hall–Kier alpha value is 3.01. The summed E-state index contributed by atoms with van der Waals surface area (Å²) >= 11 is 0. The second kappa shape index (κ2) is 22.5. The first-order chi connectivity index (χ1) is 1.73. The van der Waals surface area contributed by atoms with Gasteiger partial charge in [0.1, 0.15) is 0 Å². The van der Waals surface area contributed by atoms with Gasteiger partial charge in [0, 0.05) is 0 Å². The van der Waals surface area contributed by atoms with E-state index in [0.29, 0.717) is 0 Å². The standard InChI is InChI=1S/BO3.Ca.Fe.Mg.Mn/c2-1(3)4;;;;/q-3;4*+2. The summed E-state index contributed by atoms with van der Waals surface area (Å²) in [5.74, 6) is 0. The van der Waals surface area contributed by atoms with Gasteiger partial charge in [-0.1, -0.05) is 0 Å². The van der Waals surface area contributed by atoms with Crippen molar-refractivity contribution >= 4 is 68.1 Å². The maximum absolute atomic E-state index is 8.42. The van der Waals surface area contributed by atoms with Crippen LogP contribution in [0.15, 0.2) is 0 Å². The molecule has 0 aliphatic rings. The monoisotopic (exact) mass is 234 g/mol. The third kappa shape index (κ3) is 63.8. The van der Waals surface area contributed by atoms with Crippen molar-refractivity contribution in [1.29, 1.82) is 0 Å². The topological polar surface area (TPSA) is 69.2 Å². The van der Waals surface area contributed by atoms with Gasteiger partial charge < -0.3 is 15.1 Å². The molecule has 0 fully saturated rings. The van der Waals surface area contributed by atoms with Gasteiger partial charge in [-0.3, -0.25) is 7.32 Å². The minimum absolute atomic E-state index is 0. The van der Waals surface area contributed by atoms with Crippen LogP contribution < -0.4 is 15.1 Å². The fourth-order valence-electron chi connectivity index (χ4n) is 0. The molecule has 8 heteroatoms. The smallest absolute Gasteiger partial charge is 0.907 e. The van der Waals surface area contributed by atoms with E-state index < -0.39 is 7.32 Å². The van der Waals surface area contributed by atoms with Crippen molar-refractivity contribution in [2.24, 2.45) is 0 Å². The summed E-state index contributed by atoms with van der Waals surface area (Å²) < 4.78 is 0. The zero-order valence-corrected chi connectivity index (χ0v) is 9.86. The van der Waals surface area contributed by atoms with E-state index in [1.54, 1.807) is 0 Å². The number of hydrogen-bond donors (Lipinski definition) is 0. The molecule has 0 unspecified atom stereocenters. The quantitative estimate of drug-likeness (QED) is 0.395. The van der Waals surface area contributed by atoms with Gasteiger partial charge in [0.15, 0.2) is 0 Å². The Morgan fingerprint density at radius 2 is 1.00 bits per heavy atom. The molecule has 8 heavy (non-hydrogen) atoms. The summed E-state index contributed by atoms with van der Waals surface area (Å²) in [5, 5.41) is 25.2. The average Bonchev–Trinajstić information content (AvgIpc) is 0.811. The summed E-state index contributed by atoms with van der Waals surface area (Å²) in [6.07, 6.45) is 0. The zero-order chi connectivity index (χ0) is 3.58. The summed E-state index contributed by atoms with van der Waals surface area (Å²) in [4.78, 5) is 0. The molecule has 0 aromatic heterocycles. The van der Waals surface area contributed by atoms with Gasteiger partial charge in [0.2, 0.25) is 0 Å². The summed E-state index contributed by atoms with van der Waals surface area (Å²) in [7, 11) is -2.92. The second-order valence-corrected chi connectivity index (χ2v) is 0.289. The van der Waals surface area contributed by atoms with Crippen molar-refractivity contribution in [1.82, 2.24) is 0 Å². The van der Waals surface area contributed by atoms with Crippen molar-refractivity contribution in [3.05, 3.63) is 0 Å². The van der Waals surface area contributed by atoms with Gasteiger partial charge >= 0.3 is 94.9 Å². The zero-order valence-electron chi connectivity index (χ0n) is 3.95. The largest absolute Gasteiger partial charge is 2.00 e. The van der Waals surface area contributed by atoms with Crippen LogP contribution >= 0.6 is 0 Å². The van der Waals surface area contributed by atoms with Gasteiger partial charge in [-0.05, 0) is 0 Å². The van der Waals surface area contributed by atoms with Crippen molar-refractivity contribution in [2.45, 2.75) is 0 Å². The first-order valence-electron chi connectivity index (χ1n) is 0.707. The molecule has 0 spiro atoms. The molecule has 0 saturated heterocycles. The summed E-state index contributed by atoms with van der Waals surface area (Å²) in [5.41, 5.74) is 0. The fourth-order valence-corrected chi connectivity index (χ4v) is 0. The van der Waals surface area contributed by atoms with E-state index in [9.17, 15) is 0 Å². The molecule has 1 radical (unpaired) electrons. The van der Waals surface area contributed by atoms with Crippen molar-refractivity contribution < 1.29 is 49.2 Å². The van der Waals surface area contributed by atoms with Crippen molar-refractivity contribution in [3.63, 3.8) is 0 Å². The first kappa shape index (κ1) is 30.5. The van der Waals surface area contributed by atoms with Gasteiger partial charge in [0.25, 0.3) is 0 Å². The minimum atomic E-state index is -2.92. The van der Waals surface area contributed by atoms with Crippen LogP contribution in [0.4, 0.5) is 0 Å². The maximum atomic E-state index is 8.42. The Labute approximate surface area is 115 Å². The van der Waals surface area contributed by atoms with Gasteiger partial charge in [-0.15, -0.1) is 0 Å². The van der Waals surface area contributed by atoms with Crippen LogP contribution in [0.25, 0.3) is 0 Å². The Morgan fingerprint density at radius 3 is 1.00 bits per heavy atom. The van der Waals surface area contributed by atoms with Crippen LogP contribution in [0.2, 0.25) is 0 Å². The Balaban J connectivity index is -0.00000000750. The third-order valence-electron chi connectivity index (χ3n) is 0.